The summed E-state index contributed by atoms with van der Waals surface area (Å²) >= 11 is 0. The number of carbonyl (C=O) groups excluding carboxylic acids is 1. The molecule has 3 rings (SSSR count). The van der Waals surface area contributed by atoms with Crippen LogP contribution in [0.3, 0.4) is 0 Å². The van der Waals surface area contributed by atoms with E-state index in [-0.39, 0.29) is 29.3 Å². The Morgan fingerprint density at radius 1 is 1.19 bits per heavy atom. The first-order chi connectivity index (χ1) is 14.8. The van der Waals surface area contributed by atoms with Gasteiger partial charge in [0.1, 0.15) is 12.3 Å². The third-order valence-electron chi connectivity index (χ3n) is 6.74. The molecule has 0 spiro atoms. The van der Waals surface area contributed by atoms with Crippen LogP contribution in [0.15, 0.2) is 54.6 Å². The van der Waals surface area contributed by atoms with E-state index in [1.165, 1.54) is 0 Å². The number of hydrogen-bond donors (Lipinski definition) is 3. The van der Waals surface area contributed by atoms with Gasteiger partial charge in [-0.15, -0.1) is 0 Å². The highest BCUT2D eigenvalue weighted by atomic mass is 16.4. The smallest absolute Gasteiger partial charge is 0.322 e. The topological polar surface area (TPSA) is 121 Å². The highest BCUT2D eigenvalue weighted by Crippen LogP contribution is 2.40. The number of rotatable bonds is 8. The average Bonchev–Trinajstić information content (AvgIpc) is 2.75. The molecule has 0 aliphatic carbocycles. The van der Waals surface area contributed by atoms with Crippen LogP contribution >= 0.6 is 0 Å². The van der Waals surface area contributed by atoms with Crippen LogP contribution in [0, 0.1) is 5.92 Å². The number of piperidine rings is 1. The molecule has 0 bridgehead atoms. The van der Waals surface area contributed by atoms with Crippen molar-refractivity contribution in [3.05, 3.63) is 65.7 Å². The lowest BCUT2D eigenvalue weighted by Crippen LogP contribution is -2.48. The molecular weight excluding hydrogens is 408 g/mol. The van der Waals surface area contributed by atoms with E-state index < -0.39 is 5.97 Å². The third kappa shape index (κ3) is 6.08. The quantitative estimate of drug-likeness (QED) is 0.580. The molecule has 3 atom stereocenters. The maximum Gasteiger partial charge on any atom is 0.322 e. The van der Waals surface area contributed by atoms with Crippen LogP contribution in [0.5, 0.6) is 5.75 Å². The van der Waals surface area contributed by atoms with E-state index in [0.29, 0.717) is 18.1 Å². The van der Waals surface area contributed by atoms with Crippen molar-refractivity contribution in [3.63, 3.8) is 0 Å². The molecule has 1 amide bonds. The highest BCUT2D eigenvalue weighted by molar-refractivity contribution is 5.86. The summed E-state index contributed by atoms with van der Waals surface area (Å²) < 4.78 is 0. The minimum Gasteiger partial charge on any atom is -0.508 e. The molecule has 1 aliphatic rings. The van der Waals surface area contributed by atoms with Crippen LogP contribution in [0.2, 0.25) is 0 Å². The number of phenolic OH excluding ortho intramolecular Hbond substituents is 1. The van der Waals surface area contributed by atoms with Crippen LogP contribution in [0.25, 0.3) is 0 Å². The Hall–Kier alpha value is -2.90. The Balaban J connectivity index is 0.00000363. The zero-order chi connectivity index (χ0) is 22.4. The number of amides is 1. The van der Waals surface area contributed by atoms with Crippen molar-refractivity contribution in [1.82, 2.24) is 10.2 Å². The van der Waals surface area contributed by atoms with Gasteiger partial charge in [0.2, 0.25) is 5.91 Å². The van der Waals surface area contributed by atoms with E-state index in [1.807, 2.05) is 42.5 Å². The van der Waals surface area contributed by atoms with Crippen molar-refractivity contribution in [2.45, 2.75) is 38.0 Å². The number of aromatic hydroxyl groups is 1. The fourth-order valence-corrected chi connectivity index (χ4v) is 4.54. The molecule has 1 aliphatic heterocycles. The van der Waals surface area contributed by atoms with E-state index >= 15 is 0 Å². The summed E-state index contributed by atoms with van der Waals surface area (Å²) in [5, 5.41) is 21.3. The molecule has 1 fully saturated rings. The monoisotopic (exact) mass is 442 g/mol. The van der Waals surface area contributed by atoms with Crippen molar-refractivity contribution in [2.75, 3.05) is 26.2 Å². The lowest BCUT2D eigenvalue weighted by Gasteiger charge is -2.45. The van der Waals surface area contributed by atoms with E-state index in [1.54, 1.807) is 6.07 Å². The maximum atomic E-state index is 12.7. The van der Waals surface area contributed by atoms with E-state index in [9.17, 15) is 14.7 Å². The molecule has 7 nitrogen and oxygen atoms in total. The number of nitrogens with one attached hydrogen (secondary N) is 1. The van der Waals surface area contributed by atoms with E-state index in [4.69, 9.17) is 5.11 Å². The lowest BCUT2D eigenvalue weighted by atomic mass is 9.68. The van der Waals surface area contributed by atoms with Crippen molar-refractivity contribution in [2.24, 2.45) is 5.92 Å². The number of benzene rings is 2. The van der Waals surface area contributed by atoms with Crippen LogP contribution in [-0.2, 0) is 15.0 Å². The van der Waals surface area contributed by atoms with Crippen LogP contribution in [-0.4, -0.2) is 58.6 Å². The van der Waals surface area contributed by atoms with E-state index in [0.717, 1.165) is 37.2 Å². The number of carbonyl (C=O) groups is 2. The molecular formula is C25H34N2O5. The Bertz CT molecular complexity index is 904. The number of likely N-dealkylation sites (tertiary alicyclic amines) is 1. The molecule has 7 heteroatoms. The average molecular weight is 443 g/mol. The number of carboxylic acids is 1. The van der Waals surface area contributed by atoms with Gasteiger partial charge >= 0.3 is 5.97 Å². The van der Waals surface area contributed by atoms with Crippen LogP contribution < -0.4 is 5.32 Å². The molecule has 32 heavy (non-hydrogen) atoms. The Morgan fingerprint density at radius 2 is 1.91 bits per heavy atom. The summed E-state index contributed by atoms with van der Waals surface area (Å²) in [6.45, 7) is 6.71. The summed E-state index contributed by atoms with van der Waals surface area (Å²) in [5.41, 5.74) is 2.06. The first-order valence-corrected chi connectivity index (χ1v) is 10.9. The van der Waals surface area contributed by atoms with Gasteiger partial charge in [0, 0.05) is 6.54 Å². The summed E-state index contributed by atoms with van der Waals surface area (Å²) in [6.07, 6.45) is 1.60. The van der Waals surface area contributed by atoms with E-state index in [2.05, 4.69) is 30.1 Å². The summed E-state index contributed by atoms with van der Waals surface area (Å²) in [4.78, 5) is 25.9. The molecule has 5 N–H and O–H groups in total. The molecule has 1 heterocycles. The molecule has 1 saturated heterocycles. The first kappa shape index (κ1) is 25.4. The van der Waals surface area contributed by atoms with Crippen molar-refractivity contribution in [1.29, 1.82) is 0 Å². The second kappa shape index (κ2) is 11.1. The second-order valence-electron chi connectivity index (χ2n) is 8.78. The molecule has 3 unspecified atom stereocenters. The van der Waals surface area contributed by atoms with Gasteiger partial charge in [0.05, 0.1) is 5.92 Å². The van der Waals surface area contributed by atoms with Crippen molar-refractivity contribution < 1.29 is 25.3 Å². The molecule has 0 radical (unpaired) electrons. The largest absolute Gasteiger partial charge is 0.508 e. The normalized spacial score (nSPS) is 21.9. The maximum absolute atomic E-state index is 12.7. The van der Waals surface area contributed by atoms with Crippen LogP contribution in [0.4, 0.5) is 0 Å². The number of carboxylic acid groups (broad SMARTS) is 1. The molecule has 2 aromatic carbocycles. The van der Waals surface area contributed by atoms with Gasteiger partial charge in [-0.05, 0) is 60.5 Å². The standard InChI is InChI=1S/C25H32N2O4.H2O/c1-18-17-27(14-12-25(18,2)20-9-6-10-21(28)15-20)13-11-22(19-7-4-3-5-8-19)24(31)26-16-23(29)30;/h3-10,15,18,22,28H,11-14,16-17H2,1-2H3,(H,26,31)(H,29,30);1H2. The summed E-state index contributed by atoms with van der Waals surface area (Å²) in [6, 6.07) is 17.1. The molecule has 174 valence electrons. The second-order valence-corrected chi connectivity index (χ2v) is 8.78. The number of hydrogen-bond acceptors (Lipinski definition) is 4. The summed E-state index contributed by atoms with van der Waals surface area (Å²) in [7, 11) is 0. The number of aliphatic carboxylic acids is 1. The van der Waals surface area contributed by atoms with Gasteiger partial charge in [0.15, 0.2) is 0 Å². The Labute approximate surface area is 189 Å². The summed E-state index contributed by atoms with van der Waals surface area (Å²) in [5.74, 6) is -0.986. The van der Waals surface area contributed by atoms with Gasteiger partial charge < -0.3 is 25.9 Å². The molecule has 0 saturated carbocycles. The predicted molar refractivity (Wildman–Crippen MR) is 124 cm³/mol. The first-order valence-electron chi connectivity index (χ1n) is 10.9. The molecule has 2 aromatic rings. The van der Waals surface area contributed by atoms with Crippen LogP contribution in [0.1, 0.15) is 43.7 Å². The fraction of sp³-hybridized carbons (Fsp3) is 0.440. The van der Waals surface area contributed by atoms with Gasteiger partial charge in [-0.1, -0.05) is 56.3 Å². The SMILES string of the molecule is CC1CN(CCC(C(=O)NCC(=O)O)c2ccccc2)CCC1(C)c1cccc(O)c1.O. The lowest BCUT2D eigenvalue weighted by molar-refractivity contribution is -0.138. The fourth-order valence-electron chi connectivity index (χ4n) is 4.54. The Kier molecular flexibility index (Phi) is 8.80. The van der Waals surface area contributed by atoms with Crippen molar-refractivity contribution >= 4 is 11.9 Å². The highest BCUT2D eigenvalue weighted by Gasteiger charge is 2.38. The number of phenols is 1. The third-order valence-corrected chi connectivity index (χ3v) is 6.74. The minimum atomic E-state index is -1.05. The van der Waals surface area contributed by atoms with Gasteiger partial charge in [0.25, 0.3) is 0 Å². The minimum absolute atomic E-state index is 0. The Morgan fingerprint density at radius 3 is 2.53 bits per heavy atom. The van der Waals surface area contributed by atoms with Gasteiger partial charge in [-0.3, -0.25) is 9.59 Å². The zero-order valence-corrected chi connectivity index (χ0v) is 18.8. The molecule has 0 aromatic heterocycles. The zero-order valence-electron chi connectivity index (χ0n) is 18.8. The van der Waals surface area contributed by atoms with Gasteiger partial charge in [-0.2, -0.15) is 0 Å². The van der Waals surface area contributed by atoms with Gasteiger partial charge in [-0.25, -0.2) is 0 Å². The predicted octanol–water partition coefficient (Wildman–Crippen LogP) is 2.54. The number of nitrogens with zero attached hydrogens (tertiary/aromatic N) is 1. The van der Waals surface area contributed by atoms with Crippen molar-refractivity contribution in [3.8, 4) is 5.75 Å².